The maximum absolute atomic E-state index is 12.9. The quantitative estimate of drug-likeness (QED) is 0.772. The van der Waals surface area contributed by atoms with E-state index in [4.69, 9.17) is 9.47 Å². The number of nitrogens with zero attached hydrogens (tertiary/aromatic N) is 3. The van der Waals surface area contributed by atoms with Crippen LogP contribution in [-0.2, 0) is 17.9 Å². The summed E-state index contributed by atoms with van der Waals surface area (Å²) in [7, 11) is 1.64. The fourth-order valence-corrected chi connectivity index (χ4v) is 3.10. The molecule has 0 bridgehead atoms. The van der Waals surface area contributed by atoms with Crippen molar-refractivity contribution in [2.24, 2.45) is 5.92 Å². The summed E-state index contributed by atoms with van der Waals surface area (Å²) in [5, 5.41) is 0. The molecule has 1 aliphatic heterocycles. The van der Waals surface area contributed by atoms with E-state index in [-0.39, 0.29) is 5.82 Å². The first kappa shape index (κ1) is 17.8. The molecule has 0 radical (unpaired) electrons. The second-order valence-corrected chi connectivity index (χ2v) is 6.45. The molecule has 0 aliphatic carbocycles. The fraction of sp³-hybridized carbons (Fsp3) is 0.474. The SMILES string of the molecule is COCc1ncc(CN2CCCC(COc3ccc(F)cc3)C2)cn1. The zero-order valence-corrected chi connectivity index (χ0v) is 14.5. The van der Waals surface area contributed by atoms with Gasteiger partial charge in [-0.3, -0.25) is 4.90 Å². The number of rotatable bonds is 7. The first-order valence-corrected chi connectivity index (χ1v) is 8.62. The number of ether oxygens (including phenoxy) is 2. The van der Waals surface area contributed by atoms with Crippen LogP contribution in [0.5, 0.6) is 5.75 Å². The number of benzene rings is 1. The van der Waals surface area contributed by atoms with Crippen molar-refractivity contribution in [3.05, 3.63) is 53.9 Å². The van der Waals surface area contributed by atoms with Crippen LogP contribution in [0.15, 0.2) is 36.7 Å². The Bertz CT molecular complexity index is 649. The molecule has 25 heavy (non-hydrogen) atoms. The van der Waals surface area contributed by atoms with Crippen LogP contribution in [0.2, 0.25) is 0 Å². The highest BCUT2D eigenvalue weighted by molar-refractivity contribution is 5.22. The molecule has 1 atom stereocenters. The number of piperidine rings is 1. The van der Waals surface area contributed by atoms with Crippen molar-refractivity contribution in [3.63, 3.8) is 0 Å². The summed E-state index contributed by atoms with van der Waals surface area (Å²) in [5.74, 6) is 1.67. The Labute approximate surface area is 147 Å². The van der Waals surface area contributed by atoms with Gasteiger partial charge in [0, 0.05) is 44.1 Å². The van der Waals surface area contributed by atoms with E-state index in [2.05, 4.69) is 14.9 Å². The maximum Gasteiger partial charge on any atom is 0.153 e. The van der Waals surface area contributed by atoms with Crippen molar-refractivity contribution in [1.82, 2.24) is 14.9 Å². The van der Waals surface area contributed by atoms with Crippen LogP contribution >= 0.6 is 0 Å². The Kier molecular flexibility index (Phi) is 6.30. The summed E-state index contributed by atoms with van der Waals surface area (Å²) in [6.45, 7) is 4.01. The topological polar surface area (TPSA) is 47.5 Å². The molecule has 2 aromatic rings. The monoisotopic (exact) mass is 345 g/mol. The van der Waals surface area contributed by atoms with Crippen LogP contribution in [-0.4, -0.2) is 41.7 Å². The van der Waals surface area contributed by atoms with Gasteiger partial charge in [0.25, 0.3) is 0 Å². The van der Waals surface area contributed by atoms with Gasteiger partial charge < -0.3 is 9.47 Å². The smallest absolute Gasteiger partial charge is 0.153 e. The molecule has 6 heteroatoms. The minimum atomic E-state index is -0.241. The number of hydrogen-bond acceptors (Lipinski definition) is 5. The Hall–Kier alpha value is -2.05. The van der Waals surface area contributed by atoms with Gasteiger partial charge in [-0.25, -0.2) is 14.4 Å². The molecule has 2 heterocycles. The third-order valence-corrected chi connectivity index (χ3v) is 4.34. The van der Waals surface area contributed by atoms with E-state index in [9.17, 15) is 4.39 Å². The second kappa shape index (κ2) is 8.87. The van der Waals surface area contributed by atoms with E-state index in [0.717, 1.165) is 43.8 Å². The van der Waals surface area contributed by atoms with Gasteiger partial charge in [0.15, 0.2) is 5.82 Å². The molecule has 1 saturated heterocycles. The molecule has 134 valence electrons. The number of halogens is 1. The minimum absolute atomic E-state index is 0.241. The molecular formula is C19H24FN3O2. The van der Waals surface area contributed by atoms with Crippen LogP contribution in [0.1, 0.15) is 24.2 Å². The third kappa shape index (κ3) is 5.47. The molecule has 0 N–H and O–H groups in total. The summed E-state index contributed by atoms with van der Waals surface area (Å²) >= 11 is 0. The lowest BCUT2D eigenvalue weighted by Crippen LogP contribution is -2.37. The van der Waals surface area contributed by atoms with Crippen molar-refractivity contribution < 1.29 is 13.9 Å². The molecule has 1 unspecified atom stereocenters. The average molecular weight is 345 g/mol. The lowest BCUT2D eigenvalue weighted by atomic mass is 9.98. The Morgan fingerprint density at radius 1 is 1.20 bits per heavy atom. The van der Waals surface area contributed by atoms with Crippen molar-refractivity contribution in [2.75, 3.05) is 26.8 Å². The van der Waals surface area contributed by atoms with Gasteiger partial charge in [-0.15, -0.1) is 0 Å². The van der Waals surface area contributed by atoms with Crippen LogP contribution in [0.4, 0.5) is 4.39 Å². The lowest BCUT2D eigenvalue weighted by molar-refractivity contribution is 0.125. The summed E-state index contributed by atoms with van der Waals surface area (Å²) < 4.78 is 23.8. The molecule has 0 amide bonds. The molecular weight excluding hydrogens is 321 g/mol. The van der Waals surface area contributed by atoms with E-state index >= 15 is 0 Å². The van der Waals surface area contributed by atoms with Crippen LogP contribution in [0.25, 0.3) is 0 Å². The average Bonchev–Trinajstić information content (AvgIpc) is 2.64. The fourth-order valence-electron chi connectivity index (χ4n) is 3.10. The molecule has 0 spiro atoms. The highest BCUT2D eigenvalue weighted by Gasteiger charge is 2.20. The molecule has 1 aromatic heterocycles. The highest BCUT2D eigenvalue weighted by atomic mass is 19.1. The minimum Gasteiger partial charge on any atom is -0.493 e. The number of methoxy groups -OCH3 is 1. The Morgan fingerprint density at radius 3 is 2.68 bits per heavy atom. The Morgan fingerprint density at radius 2 is 1.96 bits per heavy atom. The third-order valence-electron chi connectivity index (χ3n) is 4.34. The van der Waals surface area contributed by atoms with Gasteiger partial charge in [0.05, 0.1) is 6.61 Å². The van der Waals surface area contributed by atoms with Crippen LogP contribution < -0.4 is 4.74 Å². The molecule has 1 aliphatic rings. The van der Waals surface area contributed by atoms with E-state index < -0.39 is 0 Å². The van der Waals surface area contributed by atoms with Crippen molar-refractivity contribution >= 4 is 0 Å². The van der Waals surface area contributed by atoms with Gasteiger partial charge in [-0.05, 0) is 43.7 Å². The van der Waals surface area contributed by atoms with E-state index in [0.29, 0.717) is 25.0 Å². The molecule has 3 rings (SSSR count). The van der Waals surface area contributed by atoms with Crippen LogP contribution in [0, 0.1) is 11.7 Å². The summed E-state index contributed by atoms with van der Waals surface area (Å²) in [6, 6.07) is 6.20. The summed E-state index contributed by atoms with van der Waals surface area (Å²) in [6.07, 6.45) is 6.06. The first-order valence-electron chi connectivity index (χ1n) is 8.62. The van der Waals surface area contributed by atoms with Gasteiger partial charge in [-0.1, -0.05) is 0 Å². The van der Waals surface area contributed by atoms with Gasteiger partial charge in [0.2, 0.25) is 0 Å². The van der Waals surface area contributed by atoms with Gasteiger partial charge >= 0.3 is 0 Å². The maximum atomic E-state index is 12.9. The van der Waals surface area contributed by atoms with Crippen molar-refractivity contribution in [1.29, 1.82) is 0 Å². The van der Waals surface area contributed by atoms with E-state index in [1.165, 1.54) is 12.1 Å². The molecule has 1 aromatic carbocycles. The summed E-state index contributed by atoms with van der Waals surface area (Å²) in [4.78, 5) is 11.0. The predicted octanol–water partition coefficient (Wildman–Crippen LogP) is 3.05. The zero-order chi connectivity index (χ0) is 17.5. The molecule has 5 nitrogen and oxygen atoms in total. The number of aromatic nitrogens is 2. The van der Waals surface area contributed by atoms with Crippen molar-refractivity contribution in [3.8, 4) is 5.75 Å². The van der Waals surface area contributed by atoms with Crippen molar-refractivity contribution in [2.45, 2.75) is 26.0 Å². The molecule has 0 saturated carbocycles. The normalized spacial score (nSPS) is 18.2. The second-order valence-electron chi connectivity index (χ2n) is 6.45. The van der Waals surface area contributed by atoms with Crippen LogP contribution in [0.3, 0.4) is 0 Å². The largest absolute Gasteiger partial charge is 0.493 e. The van der Waals surface area contributed by atoms with E-state index in [1.54, 1.807) is 19.2 Å². The van der Waals surface area contributed by atoms with Gasteiger partial charge in [-0.2, -0.15) is 0 Å². The predicted molar refractivity (Wildman–Crippen MR) is 92.6 cm³/mol. The zero-order valence-electron chi connectivity index (χ0n) is 14.5. The Balaban J connectivity index is 1.48. The van der Waals surface area contributed by atoms with E-state index in [1.807, 2.05) is 12.4 Å². The number of likely N-dealkylation sites (tertiary alicyclic amines) is 1. The first-order chi connectivity index (χ1) is 12.2. The lowest BCUT2D eigenvalue weighted by Gasteiger charge is -2.32. The highest BCUT2D eigenvalue weighted by Crippen LogP contribution is 2.20. The van der Waals surface area contributed by atoms with Gasteiger partial charge in [0.1, 0.15) is 18.2 Å². The number of hydrogen-bond donors (Lipinski definition) is 0. The molecule has 1 fully saturated rings. The standard InChI is InChI=1S/C19H24FN3O2/c1-24-14-19-21-9-16(10-22-19)12-23-8-2-3-15(11-23)13-25-18-6-4-17(20)5-7-18/h4-7,9-10,15H,2-3,8,11-14H2,1H3. The summed E-state index contributed by atoms with van der Waals surface area (Å²) in [5.41, 5.74) is 1.11.